The quantitative estimate of drug-likeness (QED) is 0.903. The van der Waals surface area contributed by atoms with Crippen molar-refractivity contribution in [3.05, 3.63) is 44.9 Å². The number of hydrogen-bond donors (Lipinski definition) is 1. The Morgan fingerprint density at radius 2 is 2.15 bits per heavy atom. The summed E-state index contributed by atoms with van der Waals surface area (Å²) in [5.41, 5.74) is 2.40. The highest BCUT2D eigenvalue weighted by Gasteiger charge is 2.17. The minimum Gasteiger partial charge on any atom is -0.378 e. The largest absolute Gasteiger partial charge is 0.378 e. The third kappa shape index (κ3) is 3.50. The normalized spacial score (nSPS) is 11.2. The number of nitrogens with one attached hydrogen (secondary N) is 1. The molecule has 3 nitrogen and oxygen atoms in total. The molecule has 2 rings (SSSR count). The molecule has 0 aliphatic carbocycles. The zero-order valence-corrected chi connectivity index (χ0v) is 13.3. The molecular formula is C15H16ClN3S. The fourth-order valence-corrected chi connectivity index (χ4v) is 2.74. The lowest BCUT2D eigenvalue weighted by atomic mass is 9.98. The lowest BCUT2D eigenvalue weighted by Crippen LogP contribution is -2.11. The molecule has 0 atom stereocenters. The van der Waals surface area contributed by atoms with Gasteiger partial charge >= 0.3 is 0 Å². The molecule has 5 heteroatoms. The lowest BCUT2D eigenvalue weighted by Gasteiger charge is -2.13. The van der Waals surface area contributed by atoms with Gasteiger partial charge in [-0.25, -0.2) is 4.98 Å². The van der Waals surface area contributed by atoms with E-state index in [2.05, 4.69) is 42.5 Å². The van der Waals surface area contributed by atoms with Crippen molar-refractivity contribution in [3.63, 3.8) is 0 Å². The summed E-state index contributed by atoms with van der Waals surface area (Å²) in [6, 6.07) is 7.28. The van der Waals surface area contributed by atoms with Gasteiger partial charge in [-0.15, -0.1) is 11.3 Å². The summed E-state index contributed by atoms with van der Waals surface area (Å²) < 4.78 is 0. The summed E-state index contributed by atoms with van der Waals surface area (Å²) in [6.45, 7) is 7.05. The van der Waals surface area contributed by atoms with Crippen LogP contribution in [0.5, 0.6) is 0 Å². The van der Waals surface area contributed by atoms with E-state index >= 15 is 0 Å². The number of rotatable bonds is 3. The van der Waals surface area contributed by atoms with E-state index in [-0.39, 0.29) is 5.41 Å². The van der Waals surface area contributed by atoms with Gasteiger partial charge in [-0.1, -0.05) is 32.4 Å². The number of halogens is 1. The molecule has 20 heavy (non-hydrogen) atoms. The van der Waals surface area contributed by atoms with Crippen LogP contribution in [0.2, 0.25) is 5.02 Å². The molecule has 1 aromatic heterocycles. The second-order valence-electron chi connectivity index (χ2n) is 5.55. The summed E-state index contributed by atoms with van der Waals surface area (Å²) >= 11 is 7.77. The van der Waals surface area contributed by atoms with E-state index in [4.69, 9.17) is 16.9 Å². The van der Waals surface area contributed by atoms with Gasteiger partial charge in [0, 0.05) is 10.8 Å². The van der Waals surface area contributed by atoms with Crippen LogP contribution >= 0.6 is 22.9 Å². The van der Waals surface area contributed by atoms with E-state index in [1.165, 1.54) is 0 Å². The minimum absolute atomic E-state index is 0.0707. The number of anilines is 1. The van der Waals surface area contributed by atoms with Crippen molar-refractivity contribution < 1.29 is 0 Å². The van der Waals surface area contributed by atoms with E-state index in [0.29, 0.717) is 17.1 Å². The average molecular weight is 306 g/mol. The average Bonchev–Trinajstić information content (AvgIpc) is 2.86. The first-order valence-electron chi connectivity index (χ1n) is 6.28. The summed E-state index contributed by atoms with van der Waals surface area (Å²) in [5.74, 6) is 0. The molecule has 0 radical (unpaired) electrons. The molecule has 0 aliphatic heterocycles. The Morgan fingerprint density at radius 3 is 2.75 bits per heavy atom. The second kappa shape index (κ2) is 5.82. The molecule has 2 aromatic rings. The predicted molar refractivity (Wildman–Crippen MR) is 84.3 cm³/mol. The molecule has 0 amide bonds. The Balaban J connectivity index is 2.09. The maximum atomic E-state index is 8.90. The Hall–Kier alpha value is -1.57. The third-order valence-corrected chi connectivity index (χ3v) is 4.40. The first kappa shape index (κ1) is 14.8. The van der Waals surface area contributed by atoms with E-state index in [1.807, 2.05) is 0 Å². The number of nitriles is 1. The molecular weight excluding hydrogens is 290 g/mol. The summed E-state index contributed by atoms with van der Waals surface area (Å²) in [6.07, 6.45) is 0. The molecule has 0 saturated heterocycles. The topological polar surface area (TPSA) is 48.7 Å². The number of benzene rings is 1. The lowest BCUT2D eigenvalue weighted by molar-refractivity contribution is 0.583. The van der Waals surface area contributed by atoms with Gasteiger partial charge in [-0.05, 0) is 18.2 Å². The monoisotopic (exact) mass is 305 g/mol. The highest BCUT2D eigenvalue weighted by molar-refractivity contribution is 7.09. The third-order valence-electron chi connectivity index (χ3n) is 2.75. The Kier molecular flexibility index (Phi) is 4.32. The van der Waals surface area contributed by atoms with Gasteiger partial charge in [-0.3, -0.25) is 0 Å². The Morgan fingerprint density at radius 1 is 1.40 bits per heavy atom. The van der Waals surface area contributed by atoms with Crippen molar-refractivity contribution in [2.45, 2.75) is 32.7 Å². The van der Waals surface area contributed by atoms with Crippen molar-refractivity contribution in [1.82, 2.24) is 4.98 Å². The number of thiazole rings is 1. The number of aromatic nitrogens is 1. The van der Waals surface area contributed by atoms with Crippen LogP contribution in [0.25, 0.3) is 0 Å². The highest BCUT2D eigenvalue weighted by atomic mass is 35.5. The number of nitrogens with zero attached hydrogens (tertiary/aromatic N) is 2. The molecule has 0 saturated carbocycles. The molecule has 0 fully saturated rings. The van der Waals surface area contributed by atoms with Crippen LogP contribution in [0.3, 0.4) is 0 Å². The van der Waals surface area contributed by atoms with Gasteiger partial charge in [0.2, 0.25) is 0 Å². The van der Waals surface area contributed by atoms with Gasteiger partial charge in [-0.2, -0.15) is 5.26 Å². The van der Waals surface area contributed by atoms with Crippen LogP contribution < -0.4 is 5.32 Å². The van der Waals surface area contributed by atoms with Gasteiger partial charge in [0.05, 0.1) is 39.6 Å². The van der Waals surface area contributed by atoms with E-state index in [1.54, 1.807) is 29.5 Å². The van der Waals surface area contributed by atoms with Crippen molar-refractivity contribution in [2.75, 3.05) is 5.32 Å². The molecule has 0 spiro atoms. The Bertz CT molecular complexity index is 650. The van der Waals surface area contributed by atoms with Gasteiger partial charge in [0.25, 0.3) is 0 Å². The molecule has 0 bridgehead atoms. The second-order valence-corrected chi connectivity index (χ2v) is 6.82. The van der Waals surface area contributed by atoms with Crippen LogP contribution in [0.4, 0.5) is 5.69 Å². The summed E-state index contributed by atoms with van der Waals surface area (Å²) in [5, 5.41) is 15.9. The zero-order valence-electron chi connectivity index (χ0n) is 11.7. The first-order valence-corrected chi connectivity index (χ1v) is 7.54. The van der Waals surface area contributed by atoms with Crippen LogP contribution in [0.1, 0.15) is 37.0 Å². The van der Waals surface area contributed by atoms with Crippen molar-refractivity contribution in [1.29, 1.82) is 5.26 Å². The smallest absolute Gasteiger partial charge is 0.0992 e. The van der Waals surface area contributed by atoms with Gasteiger partial charge < -0.3 is 5.32 Å². The Labute approximate surface area is 128 Å². The molecule has 104 valence electrons. The van der Waals surface area contributed by atoms with Crippen LogP contribution in [-0.4, -0.2) is 4.98 Å². The standard InChI is InChI=1S/C15H16ClN3S/c1-15(2,3)14-19-11(9-20-14)8-18-13-6-10(7-17)4-5-12(13)16/h4-6,9,18H,8H2,1-3H3. The van der Waals surface area contributed by atoms with Gasteiger partial charge in [0.15, 0.2) is 0 Å². The maximum Gasteiger partial charge on any atom is 0.0992 e. The summed E-state index contributed by atoms with van der Waals surface area (Å²) in [7, 11) is 0. The molecule has 1 N–H and O–H groups in total. The maximum absolute atomic E-state index is 8.90. The fourth-order valence-electron chi connectivity index (χ4n) is 1.65. The molecule has 1 heterocycles. The van der Waals surface area contributed by atoms with Crippen LogP contribution in [0, 0.1) is 11.3 Å². The summed E-state index contributed by atoms with van der Waals surface area (Å²) in [4.78, 5) is 4.62. The van der Waals surface area contributed by atoms with Crippen molar-refractivity contribution >= 4 is 28.6 Å². The van der Waals surface area contributed by atoms with Crippen molar-refractivity contribution in [3.8, 4) is 6.07 Å². The molecule has 0 unspecified atom stereocenters. The van der Waals surface area contributed by atoms with E-state index < -0.39 is 0 Å². The first-order chi connectivity index (χ1) is 9.40. The molecule has 1 aromatic carbocycles. The fraction of sp³-hybridized carbons (Fsp3) is 0.333. The van der Waals surface area contributed by atoms with E-state index in [0.717, 1.165) is 16.4 Å². The van der Waals surface area contributed by atoms with Gasteiger partial charge in [0.1, 0.15) is 0 Å². The van der Waals surface area contributed by atoms with E-state index in [9.17, 15) is 0 Å². The SMILES string of the molecule is CC(C)(C)c1nc(CNc2cc(C#N)ccc2Cl)cs1. The molecule has 0 aliphatic rings. The minimum atomic E-state index is 0.0707. The van der Waals surface area contributed by atoms with Crippen LogP contribution in [0.15, 0.2) is 23.6 Å². The number of hydrogen-bond acceptors (Lipinski definition) is 4. The van der Waals surface area contributed by atoms with Crippen LogP contribution in [-0.2, 0) is 12.0 Å². The zero-order chi connectivity index (χ0) is 14.8. The predicted octanol–water partition coefficient (Wildman–Crippen LogP) is 4.58. The van der Waals surface area contributed by atoms with Crippen molar-refractivity contribution in [2.24, 2.45) is 0 Å². The highest BCUT2D eigenvalue weighted by Crippen LogP contribution is 2.27.